The van der Waals surface area contributed by atoms with Gasteiger partial charge in [0.2, 0.25) is 0 Å². The average molecular weight is 1410 g/mol. The fourth-order valence-electron chi connectivity index (χ4n) is 9.35. The summed E-state index contributed by atoms with van der Waals surface area (Å²) >= 11 is 9.12. The lowest BCUT2D eigenvalue weighted by atomic mass is 10.1. The van der Waals surface area contributed by atoms with Crippen LogP contribution in [-0.2, 0) is 0 Å². The third kappa shape index (κ3) is 28.8. The second-order valence-corrected chi connectivity index (χ2v) is 30.4. The van der Waals surface area contributed by atoms with Crippen LogP contribution < -0.4 is 0 Å². The van der Waals surface area contributed by atoms with Gasteiger partial charge in [0.1, 0.15) is 34.6 Å². The minimum absolute atomic E-state index is 0.929. The third-order valence-electron chi connectivity index (χ3n) is 15.1. The van der Waals surface area contributed by atoms with Crippen molar-refractivity contribution in [3.63, 3.8) is 0 Å². The number of thiophene rings is 5. The number of hydrogen-bond acceptors (Lipinski definition) is 10. The Morgan fingerprint density at radius 1 is 0.263 bits per heavy atom. The van der Waals surface area contributed by atoms with Crippen molar-refractivity contribution in [2.45, 2.75) is 132 Å². The molecular formula is C89H98O5S5. The monoisotopic (exact) mass is 1410 g/mol. The zero-order valence-electron chi connectivity index (χ0n) is 61.3. The summed E-state index contributed by atoms with van der Waals surface area (Å²) in [4.78, 5) is 9.68. The highest BCUT2D eigenvalue weighted by atomic mass is 32.1. The maximum Gasteiger partial charge on any atom is 0.134 e. The molecule has 15 aromatic rings. The maximum absolute atomic E-state index is 5.55. The summed E-state index contributed by atoms with van der Waals surface area (Å²) in [6.45, 7) is 39.5. The van der Waals surface area contributed by atoms with Gasteiger partial charge in [-0.25, -0.2) is 0 Å². The topological polar surface area (TPSA) is 65.7 Å². The first-order valence-corrected chi connectivity index (χ1v) is 37.3. The molecule has 10 heteroatoms. The van der Waals surface area contributed by atoms with Crippen LogP contribution in [0.5, 0.6) is 0 Å². The first-order chi connectivity index (χ1) is 47.4. The molecule has 514 valence electrons. The summed E-state index contributed by atoms with van der Waals surface area (Å²) in [6, 6.07) is 71.0. The zero-order chi connectivity index (χ0) is 71.8. The van der Waals surface area contributed by atoms with Crippen molar-refractivity contribution in [2.24, 2.45) is 0 Å². The largest absolute Gasteiger partial charge is 0.472 e. The predicted octanol–water partition coefficient (Wildman–Crippen LogP) is 29.3. The summed E-state index contributed by atoms with van der Waals surface area (Å²) in [7, 11) is 0. The van der Waals surface area contributed by atoms with Crippen molar-refractivity contribution in [3.05, 3.63) is 350 Å². The molecule has 0 aliphatic rings. The van der Waals surface area contributed by atoms with Gasteiger partial charge in [0.25, 0.3) is 0 Å². The van der Waals surface area contributed by atoms with Crippen molar-refractivity contribution in [1.29, 1.82) is 0 Å². The zero-order valence-corrected chi connectivity index (χ0v) is 65.3. The minimum atomic E-state index is 0.929. The van der Waals surface area contributed by atoms with Crippen molar-refractivity contribution in [3.8, 4) is 54.9 Å². The van der Waals surface area contributed by atoms with Crippen molar-refractivity contribution < 1.29 is 22.1 Å². The molecule has 0 unspecified atom stereocenters. The van der Waals surface area contributed by atoms with Gasteiger partial charge >= 0.3 is 0 Å². The quantitative estimate of drug-likeness (QED) is 0.172. The summed E-state index contributed by atoms with van der Waals surface area (Å²) in [5, 5.41) is 6.49. The molecule has 0 saturated carbocycles. The molecule has 0 saturated heterocycles. The molecule has 5 aromatic carbocycles. The smallest absolute Gasteiger partial charge is 0.134 e. The SMILES string of the molecule is Cc1ccc(-c2ccc(C)o2)cc1.Cc1ccc(-c2ccccc2C)o1.Cc1ccc(-c2ccccc2C)s1.Cc1ccc(C)s1.Cc1cccc(-c2ccc(C)s2)c1.Cc1cccc(-c2ccco2)c1.Cc1coc(C)c1.Cc1cocc1C.Cc1csc(C)c1.Cc1cscc1C. The summed E-state index contributed by atoms with van der Waals surface area (Å²) in [5.41, 5.74) is 20.4. The van der Waals surface area contributed by atoms with Gasteiger partial charge in [0.15, 0.2) is 0 Å². The van der Waals surface area contributed by atoms with Crippen molar-refractivity contribution in [1.82, 2.24) is 0 Å². The summed E-state index contributed by atoms with van der Waals surface area (Å²) in [5.74, 6) is 5.72. The lowest BCUT2D eigenvalue weighted by molar-refractivity contribution is 0.533. The average Bonchev–Trinajstić information content (AvgIpc) is 1.81. The Balaban J connectivity index is 0.000000175. The highest BCUT2D eigenvalue weighted by Gasteiger charge is 2.06. The second-order valence-electron chi connectivity index (χ2n) is 24.5. The highest BCUT2D eigenvalue weighted by Crippen LogP contribution is 2.31. The Morgan fingerprint density at radius 3 is 1.15 bits per heavy atom. The molecule has 15 rings (SSSR count). The molecule has 0 atom stereocenters. The van der Waals surface area contributed by atoms with Gasteiger partial charge in [0.05, 0.1) is 25.1 Å². The standard InChI is InChI=1S/2C12H12O.2C12H12S.C11H10O.2C6H8O.3C6H8S/c1-9-3-6-11(7-4-9)12-8-5-10(2)13-12;1-9-5-3-4-6-11(9)12-8-7-10(2)13-12;1-9-4-3-5-11(8-9)12-7-6-10(2)13-12;1-9-5-3-4-6-11(9)12-8-7-10(2)13-12;1-9-4-2-5-10(8-9)11-6-3-7-12-11;1-5-3-7-4-6(5)2;1-5-3-6(2)7-4-5;1-5-3-7-4-6(5)2;1-5-3-6(2)7-4-5;1-5-3-4-6(2)7-5/h4*3-8H,1-2H3;2-8H,1H3;5*3-4H,1-2H3. The minimum Gasteiger partial charge on any atom is -0.472 e. The number of rotatable bonds is 5. The Labute approximate surface area is 610 Å². The number of benzene rings is 5. The van der Waals surface area contributed by atoms with Gasteiger partial charge < -0.3 is 22.1 Å². The van der Waals surface area contributed by atoms with E-state index in [0.29, 0.717) is 0 Å². The van der Waals surface area contributed by atoms with E-state index in [1.165, 1.54) is 112 Å². The van der Waals surface area contributed by atoms with Crippen LogP contribution in [-0.4, -0.2) is 0 Å². The van der Waals surface area contributed by atoms with E-state index in [9.17, 15) is 0 Å². The van der Waals surface area contributed by atoms with Crippen LogP contribution in [0.4, 0.5) is 0 Å². The van der Waals surface area contributed by atoms with Gasteiger partial charge in [-0.2, -0.15) is 11.3 Å². The van der Waals surface area contributed by atoms with Gasteiger partial charge in [-0.15, -0.1) is 45.3 Å². The van der Waals surface area contributed by atoms with E-state index in [4.69, 9.17) is 22.1 Å². The van der Waals surface area contributed by atoms with Crippen LogP contribution in [0, 0.1) is 132 Å². The van der Waals surface area contributed by atoms with Gasteiger partial charge in [0, 0.05) is 50.8 Å². The van der Waals surface area contributed by atoms with E-state index in [-0.39, 0.29) is 0 Å². The molecule has 0 spiro atoms. The van der Waals surface area contributed by atoms with Gasteiger partial charge in [-0.1, -0.05) is 132 Å². The number of furan rings is 5. The van der Waals surface area contributed by atoms with E-state index in [0.717, 1.165) is 45.7 Å². The maximum atomic E-state index is 5.55. The molecule has 0 amide bonds. The van der Waals surface area contributed by atoms with E-state index in [2.05, 4.69) is 246 Å². The fraction of sp³-hybridized carbons (Fsp3) is 0.213. The van der Waals surface area contributed by atoms with Crippen LogP contribution in [0.15, 0.2) is 270 Å². The van der Waals surface area contributed by atoms with Crippen LogP contribution in [0.25, 0.3) is 54.9 Å². The van der Waals surface area contributed by atoms with Crippen LogP contribution in [0.2, 0.25) is 0 Å². The molecule has 0 radical (unpaired) electrons. The van der Waals surface area contributed by atoms with E-state index in [1.807, 2.05) is 142 Å². The lowest BCUT2D eigenvalue weighted by Crippen LogP contribution is -1.78. The Hall–Kier alpha value is -9.00. The van der Waals surface area contributed by atoms with E-state index in [1.54, 1.807) is 47.7 Å². The summed E-state index contributed by atoms with van der Waals surface area (Å²) < 4.78 is 26.1. The Kier molecular flexibility index (Phi) is 33.0. The van der Waals surface area contributed by atoms with Crippen LogP contribution in [0.3, 0.4) is 0 Å². The molecule has 0 bridgehead atoms. The van der Waals surface area contributed by atoms with Crippen molar-refractivity contribution >= 4 is 56.7 Å². The summed E-state index contributed by atoms with van der Waals surface area (Å²) in [6.07, 6.45) is 6.93. The molecule has 99 heavy (non-hydrogen) atoms. The second kappa shape index (κ2) is 41.4. The molecular weight excluding hydrogens is 1310 g/mol. The first-order valence-electron chi connectivity index (χ1n) is 33.1. The first kappa shape index (κ1) is 79.0. The Morgan fingerprint density at radius 2 is 0.778 bits per heavy atom. The van der Waals surface area contributed by atoms with E-state index < -0.39 is 0 Å². The van der Waals surface area contributed by atoms with Gasteiger partial charge in [-0.3, -0.25) is 0 Å². The van der Waals surface area contributed by atoms with E-state index >= 15 is 0 Å². The number of hydrogen-bond donors (Lipinski definition) is 0. The molecule has 0 N–H and O–H groups in total. The lowest BCUT2D eigenvalue weighted by Gasteiger charge is -2.00. The third-order valence-corrected chi connectivity index (χ3v) is 20.0. The number of aryl methyl sites for hydroxylation is 19. The Bertz CT molecular complexity index is 4390. The van der Waals surface area contributed by atoms with Gasteiger partial charge in [-0.05, 0) is 294 Å². The highest BCUT2D eigenvalue weighted by molar-refractivity contribution is 7.15. The molecule has 10 aromatic heterocycles. The molecule has 0 aliphatic carbocycles. The van der Waals surface area contributed by atoms with Crippen molar-refractivity contribution in [2.75, 3.05) is 0 Å². The fourth-order valence-corrected chi connectivity index (χ4v) is 13.5. The predicted molar refractivity (Wildman–Crippen MR) is 432 cm³/mol. The normalized spacial score (nSPS) is 9.97. The molecule has 0 aliphatic heterocycles. The molecule has 5 nitrogen and oxygen atoms in total. The van der Waals surface area contributed by atoms with Crippen LogP contribution in [0.1, 0.15) is 103 Å². The molecule has 10 heterocycles. The van der Waals surface area contributed by atoms with Crippen LogP contribution >= 0.6 is 56.7 Å². The molecule has 0 fully saturated rings.